The van der Waals surface area contributed by atoms with Crippen molar-refractivity contribution in [3.8, 4) is 50.2 Å². The van der Waals surface area contributed by atoms with Crippen molar-refractivity contribution < 1.29 is 0 Å². The Balaban J connectivity index is 1.14. The van der Waals surface area contributed by atoms with Crippen LogP contribution in [-0.4, -0.2) is 4.57 Å². The molecule has 63 heavy (non-hydrogen) atoms. The molecule has 0 fully saturated rings. The van der Waals surface area contributed by atoms with Crippen LogP contribution in [0.3, 0.4) is 0 Å². The quantitative estimate of drug-likeness (QED) is 0.156. The van der Waals surface area contributed by atoms with Crippen LogP contribution in [0.25, 0.3) is 82.8 Å². The van der Waals surface area contributed by atoms with Gasteiger partial charge in [0.2, 0.25) is 0 Å². The normalized spacial score (nSPS) is 12.7. The van der Waals surface area contributed by atoms with E-state index >= 15 is 0 Å². The summed E-state index contributed by atoms with van der Waals surface area (Å²) in [7, 11) is 0. The van der Waals surface area contributed by atoms with Crippen molar-refractivity contribution in [2.75, 3.05) is 4.90 Å². The van der Waals surface area contributed by atoms with Gasteiger partial charge in [0.15, 0.2) is 0 Å². The van der Waals surface area contributed by atoms with E-state index in [2.05, 4.69) is 254 Å². The first-order valence-electron chi connectivity index (χ1n) is 21.9. The molecule has 12 rings (SSSR count). The summed E-state index contributed by atoms with van der Waals surface area (Å²) in [6, 6.07) is 84.7. The van der Waals surface area contributed by atoms with Crippen molar-refractivity contribution in [1.82, 2.24) is 4.57 Å². The van der Waals surface area contributed by atoms with Crippen LogP contribution in [0.15, 0.2) is 231 Å². The Bertz CT molecular complexity index is 3530. The second kappa shape index (κ2) is 14.6. The molecule has 0 saturated heterocycles. The summed E-state index contributed by atoms with van der Waals surface area (Å²) in [4.78, 5) is 2.53. The summed E-state index contributed by atoms with van der Waals surface area (Å²) >= 11 is 0. The maximum atomic E-state index is 2.53. The molecule has 2 heteroatoms. The molecule has 1 aliphatic carbocycles. The molecule has 1 aromatic heterocycles. The highest BCUT2D eigenvalue weighted by Crippen LogP contribution is 2.55. The van der Waals surface area contributed by atoms with Gasteiger partial charge >= 0.3 is 0 Å². The van der Waals surface area contributed by atoms with Gasteiger partial charge in [-0.05, 0) is 92.2 Å². The van der Waals surface area contributed by atoms with Crippen LogP contribution in [0.2, 0.25) is 0 Å². The first-order chi connectivity index (χ1) is 31.1. The zero-order valence-corrected chi connectivity index (χ0v) is 35.3. The van der Waals surface area contributed by atoms with Gasteiger partial charge in [0.1, 0.15) is 0 Å². The third-order valence-electron chi connectivity index (χ3n) is 13.4. The maximum absolute atomic E-state index is 2.53. The van der Waals surface area contributed by atoms with Gasteiger partial charge in [-0.1, -0.05) is 202 Å². The number of para-hydroxylation sites is 4. The third-order valence-corrected chi connectivity index (χ3v) is 13.4. The van der Waals surface area contributed by atoms with E-state index in [1.165, 1.54) is 82.6 Å². The Hall–Kier alpha value is -7.94. The number of anilines is 3. The van der Waals surface area contributed by atoms with Crippen LogP contribution < -0.4 is 4.90 Å². The number of hydrogen-bond donors (Lipinski definition) is 0. The molecule has 0 saturated carbocycles. The average Bonchev–Trinajstić information content (AvgIpc) is 3.81. The monoisotopic (exact) mass is 804 g/mol. The van der Waals surface area contributed by atoms with Crippen LogP contribution in [0, 0.1) is 0 Å². The minimum atomic E-state index is -0.157. The van der Waals surface area contributed by atoms with Crippen LogP contribution in [0.1, 0.15) is 25.0 Å². The van der Waals surface area contributed by atoms with Crippen LogP contribution in [-0.2, 0) is 5.41 Å². The van der Waals surface area contributed by atoms with E-state index in [0.717, 1.165) is 28.3 Å². The molecular formula is C61H44N2. The van der Waals surface area contributed by atoms with Gasteiger partial charge in [0, 0.05) is 44.3 Å². The fourth-order valence-corrected chi connectivity index (χ4v) is 10.6. The molecule has 0 aliphatic heterocycles. The Kier molecular flexibility index (Phi) is 8.55. The number of nitrogens with zero attached hydrogens (tertiary/aromatic N) is 2. The van der Waals surface area contributed by atoms with Gasteiger partial charge in [0.05, 0.1) is 22.4 Å². The Labute approximate surface area is 368 Å². The number of benzene rings is 10. The molecule has 10 aromatic carbocycles. The zero-order valence-electron chi connectivity index (χ0n) is 35.3. The maximum Gasteiger partial charge on any atom is 0.0619 e. The molecule has 0 radical (unpaired) electrons. The summed E-state index contributed by atoms with van der Waals surface area (Å²) in [5, 5.41) is 4.95. The lowest BCUT2D eigenvalue weighted by Crippen LogP contribution is -2.16. The lowest BCUT2D eigenvalue weighted by atomic mass is 9.82. The predicted octanol–water partition coefficient (Wildman–Crippen LogP) is 16.7. The highest BCUT2D eigenvalue weighted by atomic mass is 15.1. The second-order valence-corrected chi connectivity index (χ2v) is 17.2. The van der Waals surface area contributed by atoms with E-state index in [9.17, 15) is 0 Å². The van der Waals surface area contributed by atoms with E-state index in [-0.39, 0.29) is 5.41 Å². The third kappa shape index (κ3) is 5.79. The highest BCUT2D eigenvalue weighted by Gasteiger charge is 2.38. The van der Waals surface area contributed by atoms with Crippen molar-refractivity contribution in [3.05, 3.63) is 242 Å². The summed E-state index contributed by atoms with van der Waals surface area (Å²) in [5.74, 6) is 0. The van der Waals surface area contributed by atoms with Crippen LogP contribution >= 0.6 is 0 Å². The molecule has 2 nitrogen and oxygen atoms in total. The zero-order chi connectivity index (χ0) is 42.1. The van der Waals surface area contributed by atoms with Crippen molar-refractivity contribution in [3.63, 3.8) is 0 Å². The van der Waals surface area contributed by atoms with Crippen LogP contribution in [0.4, 0.5) is 17.1 Å². The molecule has 0 atom stereocenters. The molecule has 1 aliphatic rings. The van der Waals surface area contributed by atoms with Crippen LogP contribution in [0.5, 0.6) is 0 Å². The molecular weight excluding hydrogens is 761 g/mol. The largest absolute Gasteiger partial charge is 0.309 e. The summed E-state index contributed by atoms with van der Waals surface area (Å²) in [6.45, 7) is 4.74. The SMILES string of the molecule is CC1(C)c2ccccc2-c2c(N(c3cccc(-c4cccc5c6ccccc6n(-c6ccccc6)c45)c3)c3ccccc3-c3cccc4cccc(-c5ccccc5)c34)cccc21. The molecule has 11 aromatic rings. The smallest absolute Gasteiger partial charge is 0.0619 e. The highest BCUT2D eigenvalue weighted by molar-refractivity contribution is 6.14. The minimum absolute atomic E-state index is 0.157. The first kappa shape index (κ1) is 36.9. The molecule has 0 bridgehead atoms. The standard InChI is InChI=1S/C61H44N2/c1-61(2)53-35-12-9-30-52(53)59-54(61)36-19-39-57(59)62(55-37-13-10-28-48(55)50-33-17-23-42-22-16-31-46(58(42)50)41-20-5-3-6-21-41)45-27-15-24-43(40-45)47-32-18-34-51-49-29-11-14-38-56(49)63(60(47)51)44-25-7-4-8-26-44/h3-40H,1-2H3. The molecule has 0 N–H and O–H groups in total. The van der Waals surface area contributed by atoms with Gasteiger partial charge in [-0.2, -0.15) is 0 Å². The summed E-state index contributed by atoms with van der Waals surface area (Å²) in [5.41, 5.74) is 19.2. The second-order valence-electron chi connectivity index (χ2n) is 17.2. The molecule has 0 amide bonds. The topological polar surface area (TPSA) is 8.17 Å². The Morgan fingerprint density at radius 2 is 0.968 bits per heavy atom. The molecule has 0 unspecified atom stereocenters. The van der Waals surface area contributed by atoms with Crippen molar-refractivity contribution in [2.45, 2.75) is 19.3 Å². The van der Waals surface area contributed by atoms with Crippen molar-refractivity contribution in [2.24, 2.45) is 0 Å². The Morgan fingerprint density at radius 1 is 0.397 bits per heavy atom. The van der Waals surface area contributed by atoms with Gasteiger partial charge in [-0.25, -0.2) is 0 Å². The molecule has 0 spiro atoms. The Morgan fingerprint density at radius 3 is 1.81 bits per heavy atom. The van der Waals surface area contributed by atoms with E-state index in [1.807, 2.05) is 0 Å². The van der Waals surface area contributed by atoms with Gasteiger partial charge < -0.3 is 9.47 Å². The molecule has 298 valence electrons. The number of hydrogen-bond acceptors (Lipinski definition) is 1. The molecule has 1 heterocycles. The minimum Gasteiger partial charge on any atom is -0.309 e. The number of fused-ring (bicyclic) bond motifs is 7. The predicted molar refractivity (Wildman–Crippen MR) is 267 cm³/mol. The number of rotatable bonds is 7. The fourth-order valence-electron chi connectivity index (χ4n) is 10.6. The number of aromatic nitrogens is 1. The van der Waals surface area contributed by atoms with E-state index < -0.39 is 0 Å². The average molecular weight is 805 g/mol. The first-order valence-corrected chi connectivity index (χ1v) is 21.9. The van der Waals surface area contributed by atoms with E-state index in [4.69, 9.17) is 0 Å². The van der Waals surface area contributed by atoms with E-state index in [0.29, 0.717) is 0 Å². The van der Waals surface area contributed by atoms with Crippen molar-refractivity contribution >= 4 is 49.6 Å². The van der Waals surface area contributed by atoms with Gasteiger partial charge in [-0.15, -0.1) is 0 Å². The fraction of sp³-hybridized carbons (Fsp3) is 0.0492. The van der Waals surface area contributed by atoms with Gasteiger partial charge in [0.25, 0.3) is 0 Å². The summed E-state index contributed by atoms with van der Waals surface area (Å²) in [6.07, 6.45) is 0. The van der Waals surface area contributed by atoms with Crippen molar-refractivity contribution in [1.29, 1.82) is 0 Å². The van der Waals surface area contributed by atoms with E-state index in [1.54, 1.807) is 0 Å². The lowest BCUT2D eigenvalue weighted by molar-refractivity contribution is 0.660. The summed E-state index contributed by atoms with van der Waals surface area (Å²) < 4.78 is 2.44. The lowest BCUT2D eigenvalue weighted by Gasteiger charge is -2.31. The van der Waals surface area contributed by atoms with Gasteiger partial charge in [-0.3, -0.25) is 0 Å².